The Morgan fingerprint density at radius 2 is 1.85 bits per heavy atom. The Hall–Kier alpha value is -2.73. The largest absolute Gasteiger partial charge is 0.486 e. The first kappa shape index (κ1) is 17.7. The number of halogens is 1. The number of benzene rings is 2. The number of likely N-dealkylation sites (tertiary alicyclic amines) is 1. The summed E-state index contributed by atoms with van der Waals surface area (Å²) in [5.74, 6) is 0.722. The van der Waals surface area contributed by atoms with Crippen LogP contribution in [-0.4, -0.2) is 36.5 Å². The summed E-state index contributed by atoms with van der Waals surface area (Å²) in [6.07, 6.45) is 0.212. The molecule has 1 N–H and O–H groups in total. The van der Waals surface area contributed by atoms with Gasteiger partial charge in [0.1, 0.15) is 13.2 Å². The summed E-state index contributed by atoms with van der Waals surface area (Å²) in [7, 11) is 0. The van der Waals surface area contributed by atoms with Gasteiger partial charge in [-0.1, -0.05) is 23.7 Å². The van der Waals surface area contributed by atoms with Crippen LogP contribution in [0.3, 0.4) is 0 Å². The highest BCUT2D eigenvalue weighted by Gasteiger charge is 2.34. The van der Waals surface area contributed by atoms with E-state index in [9.17, 15) is 9.59 Å². The van der Waals surface area contributed by atoms with E-state index in [1.165, 1.54) is 0 Å². The van der Waals surface area contributed by atoms with Gasteiger partial charge in [-0.25, -0.2) is 0 Å². The maximum atomic E-state index is 12.6. The molecule has 2 heterocycles. The normalized spacial score (nSPS) is 18.5. The van der Waals surface area contributed by atoms with Crippen molar-refractivity contribution in [3.05, 3.63) is 53.1 Å². The summed E-state index contributed by atoms with van der Waals surface area (Å²) in [4.78, 5) is 26.6. The predicted octanol–water partition coefficient (Wildman–Crippen LogP) is 3.10. The van der Waals surface area contributed by atoms with E-state index in [0.717, 1.165) is 5.56 Å². The molecule has 2 aromatic carbocycles. The van der Waals surface area contributed by atoms with E-state index in [0.29, 0.717) is 48.5 Å². The van der Waals surface area contributed by atoms with Crippen LogP contribution in [0.1, 0.15) is 12.0 Å². The van der Waals surface area contributed by atoms with E-state index in [1.54, 1.807) is 35.2 Å². The number of carbonyl (C=O) groups is 2. The second kappa shape index (κ2) is 7.48. The zero-order chi connectivity index (χ0) is 18.8. The van der Waals surface area contributed by atoms with Crippen molar-refractivity contribution < 1.29 is 19.1 Å². The van der Waals surface area contributed by atoms with Gasteiger partial charge in [-0.05, 0) is 29.8 Å². The molecule has 0 saturated carbocycles. The maximum Gasteiger partial charge on any atom is 0.229 e. The van der Waals surface area contributed by atoms with Crippen molar-refractivity contribution >= 4 is 29.1 Å². The Kier molecular flexibility index (Phi) is 4.90. The molecule has 140 valence electrons. The number of amides is 2. The SMILES string of the molecule is O=C(Nc1ccc2c(c1)OCCO2)C1CC(=O)N(Cc2ccc(Cl)cc2)C1. The maximum absolute atomic E-state index is 12.6. The van der Waals surface area contributed by atoms with Gasteiger partial charge < -0.3 is 19.7 Å². The first-order valence-electron chi connectivity index (χ1n) is 8.81. The molecule has 0 aromatic heterocycles. The number of ether oxygens (including phenoxy) is 2. The standard InChI is InChI=1S/C20H19ClN2O4/c21-15-3-1-13(2-4-15)11-23-12-14(9-19(23)24)20(25)22-16-5-6-17-18(10-16)27-8-7-26-17/h1-6,10,14H,7-9,11-12H2,(H,22,25). The van der Waals surface area contributed by atoms with E-state index in [1.807, 2.05) is 12.1 Å². The fraction of sp³-hybridized carbons (Fsp3) is 0.300. The first-order valence-corrected chi connectivity index (χ1v) is 9.19. The molecule has 0 spiro atoms. The van der Waals surface area contributed by atoms with Gasteiger partial charge in [0.15, 0.2) is 11.5 Å². The van der Waals surface area contributed by atoms with Gasteiger partial charge in [-0.2, -0.15) is 0 Å². The molecule has 0 radical (unpaired) electrons. The molecular formula is C20H19ClN2O4. The molecule has 1 fully saturated rings. The van der Waals surface area contributed by atoms with Gasteiger partial charge in [0, 0.05) is 36.3 Å². The molecule has 0 bridgehead atoms. The van der Waals surface area contributed by atoms with Crippen molar-refractivity contribution in [1.29, 1.82) is 0 Å². The minimum atomic E-state index is -0.377. The van der Waals surface area contributed by atoms with Gasteiger partial charge >= 0.3 is 0 Å². The van der Waals surface area contributed by atoms with Crippen LogP contribution in [0.5, 0.6) is 11.5 Å². The Morgan fingerprint density at radius 3 is 2.63 bits per heavy atom. The summed E-state index contributed by atoms with van der Waals surface area (Å²) in [5.41, 5.74) is 1.62. The second-order valence-electron chi connectivity index (χ2n) is 6.65. The zero-order valence-electron chi connectivity index (χ0n) is 14.6. The zero-order valence-corrected chi connectivity index (χ0v) is 15.4. The van der Waals surface area contributed by atoms with Crippen molar-refractivity contribution in [2.45, 2.75) is 13.0 Å². The lowest BCUT2D eigenvalue weighted by Gasteiger charge is -2.19. The molecular weight excluding hydrogens is 368 g/mol. The third-order valence-electron chi connectivity index (χ3n) is 4.68. The average Bonchev–Trinajstić information content (AvgIpc) is 3.04. The lowest BCUT2D eigenvalue weighted by molar-refractivity contribution is -0.128. The molecule has 6 nitrogen and oxygen atoms in total. The molecule has 0 aliphatic carbocycles. The number of carbonyl (C=O) groups excluding carboxylic acids is 2. The van der Waals surface area contributed by atoms with E-state index in [2.05, 4.69) is 5.32 Å². The van der Waals surface area contributed by atoms with Gasteiger partial charge in [-0.15, -0.1) is 0 Å². The van der Waals surface area contributed by atoms with E-state index in [-0.39, 0.29) is 24.2 Å². The highest BCUT2D eigenvalue weighted by atomic mass is 35.5. The van der Waals surface area contributed by atoms with E-state index in [4.69, 9.17) is 21.1 Å². The Balaban J connectivity index is 1.38. The van der Waals surface area contributed by atoms with Gasteiger partial charge in [0.2, 0.25) is 11.8 Å². The molecule has 1 saturated heterocycles. The van der Waals surface area contributed by atoms with Crippen LogP contribution in [0.15, 0.2) is 42.5 Å². The molecule has 27 heavy (non-hydrogen) atoms. The fourth-order valence-electron chi connectivity index (χ4n) is 3.28. The molecule has 7 heteroatoms. The number of rotatable bonds is 4. The van der Waals surface area contributed by atoms with Crippen molar-refractivity contribution in [1.82, 2.24) is 4.90 Å². The van der Waals surface area contributed by atoms with Crippen LogP contribution in [0.2, 0.25) is 5.02 Å². The highest BCUT2D eigenvalue weighted by molar-refractivity contribution is 6.30. The predicted molar refractivity (Wildman–Crippen MR) is 101 cm³/mol. The summed E-state index contributed by atoms with van der Waals surface area (Å²) in [5, 5.41) is 3.53. The summed E-state index contributed by atoms with van der Waals surface area (Å²) < 4.78 is 11.0. The smallest absolute Gasteiger partial charge is 0.229 e. The second-order valence-corrected chi connectivity index (χ2v) is 7.09. The van der Waals surface area contributed by atoms with Crippen molar-refractivity contribution in [2.75, 3.05) is 25.1 Å². The van der Waals surface area contributed by atoms with E-state index < -0.39 is 0 Å². The lowest BCUT2D eigenvalue weighted by Crippen LogP contribution is -2.28. The van der Waals surface area contributed by atoms with Crippen LogP contribution >= 0.6 is 11.6 Å². The highest BCUT2D eigenvalue weighted by Crippen LogP contribution is 2.33. The third kappa shape index (κ3) is 4.01. The Labute approximate surface area is 162 Å². The number of nitrogens with one attached hydrogen (secondary N) is 1. The number of fused-ring (bicyclic) bond motifs is 1. The number of hydrogen-bond donors (Lipinski definition) is 1. The summed E-state index contributed by atoms with van der Waals surface area (Å²) >= 11 is 5.89. The molecule has 2 aliphatic rings. The summed E-state index contributed by atoms with van der Waals surface area (Å²) in [6.45, 7) is 1.88. The number of nitrogens with zero attached hydrogens (tertiary/aromatic N) is 1. The van der Waals surface area contributed by atoms with Gasteiger partial charge in [-0.3, -0.25) is 9.59 Å². The monoisotopic (exact) mass is 386 g/mol. The minimum absolute atomic E-state index is 0.0210. The fourth-order valence-corrected chi connectivity index (χ4v) is 3.40. The first-order chi connectivity index (χ1) is 13.1. The quantitative estimate of drug-likeness (QED) is 0.876. The topological polar surface area (TPSA) is 67.9 Å². The minimum Gasteiger partial charge on any atom is -0.486 e. The van der Waals surface area contributed by atoms with Crippen molar-refractivity contribution in [3.8, 4) is 11.5 Å². The number of anilines is 1. The summed E-state index contributed by atoms with van der Waals surface area (Å²) in [6, 6.07) is 12.7. The molecule has 4 rings (SSSR count). The van der Waals surface area contributed by atoms with Crippen molar-refractivity contribution in [3.63, 3.8) is 0 Å². The molecule has 2 aromatic rings. The molecule has 2 amide bonds. The van der Waals surface area contributed by atoms with Gasteiger partial charge in [0.05, 0.1) is 5.92 Å². The van der Waals surface area contributed by atoms with Crippen LogP contribution in [0.4, 0.5) is 5.69 Å². The van der Waals surface area contributed by atoms with Crippen LogP contribution in [-0.2, 0) is 16.1 Å². The van der Waals surface area contributed by atoms with Crippen LogP contribution < -0.4 is 14.8 Å². The molecule has 2 aliphatic heterocycles. The van der Waals surface area contributed by atoms with E-state index >= 15 is 0 Å². The van der Waals surface area contributed by atoms with Crippen LogP contribution in [0.25, 0.3) is 0 Å². The van der Waals surface area contributed by atoms with Crippen LogP contribution in [0, 0.1) is 5.92 Å². The third-order valence-corrected chi connectivity index (χ3v) is 4.93. The molecule has 1 unspecified atom stereocenters. The Morgan fingerprint density at radius 1 is 1.11 bits per heavy atom. The average molecular weight is 387 g/mol. The Bertz CT molecular complexity index is 869. The van der Waals surface area contributed by atoms with Crippen molar-refractivity contribution in [2.24, 2.45) is 5.92 Å². The lowest BCUT2D eigenvalue weighted by atomic mass is 10.1. The van der Waals surface area contributed by atoms with Gasteiger partial charge in [0.25, 0.3) is 0 Å². The molecule has 1 atom stereocenters. The number of hydrogen-bond acceptors (Lipinski definition) is 4.